The molecule has 0 radical (unpaired) electrons. The van der Waals surface area contributed by atoms with Crippen molar-refractivity contribution in [1.82, 2.24) is 0 Å². The Kier molecular flexibility index (Phi) is 5.24. The summed E-state index contributed by atoms with van der Waals surface area (Å²) in [6.45, 7) is 10.2. The van der Waals surface area contributed by atoms with E-state index in [-0.39, 0.29) is 72.1 Å². The highest BCUT2D eigenvalue weighted by Gasteiger charge is 2.78. The van der Waals surface area contributed by atoms with Crippen molar-refractivity contribution in [3.8, 4) is 0 Å². The van der Waals surface area contributed by atoms with E-state index < -0.39 is 29.3 Å². The molecule has 6 aliphatic rings. The molecule has 0 aromatic rings. The van der Waals surface area contributed by atoms with E-state index in [1.165, 1.54) is 0 Å². The van der Waals surface area contributed by atoms with Crippen LogP contribution in [0.15, 0.2) is 11.1 Å². The first-order valence-electron chi connectivity index (χ1n) is 13.6. The number of cyclic esters (lactones) is 1. The molecule has 35 heavy (non-hydrogen) atoms. The number of rotatable bonds is 2. The Bertz CT molecular complexity index is 963. The van der Waals surface area contributed by atoms with Gasteiger partial charge < -0.3 is 29.9 Å². The average molecular weight is 491 g/mol. The quantitative estimate of drug-likeness (QED) is 0.346. The van der Waals surface area contributed by atoms with Crippen molar-refractivity contribution in [3.05, 3.63) is 11.1 Å². The fourth-order valence-corrected chi connectivity index (χ4v) is 10.0. The molecule has 0 aromatic carbocycles. The van der Waals surface area contributed by atoms with Gasteiger partial charge in [0.1, 0.15) is 17.8 Å². The van der Waals surface area contributed by atoms with Gasteiger partial charge in [-0.1, -0.05) is 26.3 Å². The van der Waals surface area contributed by atoms with Crippen LogP contribution in [0.3, 0.4) is 0 Å². The van der Waals surface area contributed by atoms with E-state index in [0.29, 0.717) is 18.4 Å². The minimum Gasteiger partial charge on any atom is -0.458 e. The molecule has 1 saturated heterocycles. The third-order valence-electron chi connectivity index (χ3n) is 12.1. The first-order valence-corrected chi connectivity index (χ1v) is 13.6. The van der Waals surface area contributed by atoms with Crippen molar-refractivity contribution in [3.63, 3.8) is 0 Å². The Morgan fingerprint density at radius 1 is 1.09 bits per heavy atom. The Hall–Kier alpha value is -0.990. The predicted molar refractivity (Wildman–Crippen MR) is 127 cm³/mol. The lowest BCUT2D eigenvalue weighted by atomic mass is 9.42. The minimum atomic E-state index is -1.23. The van der Waals surface area contributed by atoms with Gasteiger partial charge in [-0.2, -0.15) is 0 Å². The van der Waals surface area contributed by atoms with Crippen LogP contribution in [0.5, 0.6) is 0 Å². The van der Waals surface area contributed by atoms with Gasteiger partial charge in [-0.15, -0.1) is 0 Å². The summed E-state index contributed by atoms with van der Waals surface area (Å²) in [7, 11) is 0. The van der Waals surface area contributed by atoms with Gasteiger partial charge in [-0.25, -0.2) is 4.79 Å². The van der Waals surface area contributed by atoms with E-state index in [1.807, 2.05) is 20.8 Å². The summed E-state index contributed by atoms with van der Waals surface area (Å²) in [5.74, 6) is 0.201. The summed E-state index contributed by atoms with van der Waals surface area (Å²) in [6.07, 6.45) is 0.919. The second-order valence-electron chi connectivity index (χ2n) is 13.4. The van der Waals surface area contributed by atoms with Crippen molar-refractivity contribution >= 4 is 5.97 Å². The van der Waals surface area contributed by atoms with Gasteiger partial charge in [0.2, 0.25) is 0 Å². The van der Waals surface area contributed by atoms with Gasteiger partial charge in [-0.3, -0.25) is 0 Å². The van der Waals surface area contributed by atoms with Crippen molar-refractivity contribution in [1.29, 1.82) is 0 Å². The van der Waals surface area contributed by atoms with Crippen LogP contribution in [0.25, 0.3) is 0 Å². The van der Waals surface area contributed by atoms with Crippen LogP contribution in [0.4, 0.5) is 0 Å². The molecular weight excluding hydrogens is 448 g/mol. The molecule has 0 spiro atoms. The molecule has 196 valence electrons. The SMILES string of the molecule is CC1=C(C)C(=O)O[C@H]([C@@H](C)[C@H]2[C@H](O)C[C@H]3[C@H]4[C@@H]5O[C@@H]5[C@@]5(O)C[C@@H](O)C[C@H](O)[C@]5(C)[C@@H]4CC[C@]23C)C1. The molecule has 2 heterocycles. The van der Waals surface area contributed by atoms with Crippen LogP contribution < -0.4 is 0 Å². The summed E-state index contributed by atoms with van der Waals surface area (Å²) in [6, 6.07) is 0. The molecule has 0 amide bonds. The second-order valence-corrected chi connectivity index (χ2v) is 13.4. The number of epoxide rings is 1. The fourth-order valence-electron chi connectivity index (χ4n) is 10.0. The summed E-state index contributed by atoms with van der Waals surface area (Å²) < 4.78 is 12.0. The zero-order valence-corrected chi connectivity index (χ0v) is 21.6. The smallest absolute Gasteiger partial charge is 0.333 e. The zero-order chi connectivity index (χ0) is 25.2. The molecule has 6 rings (SSSR count). The van der Waals surface area contributed by atoms with E-state index in [1.54, 1.807) is 0 Å². The Morgan fingerprint density at radius 2 is 1.80 bits per heavy atom. The van der Waals surface area contributed by atoms with Crippen molar-refractivity contribution in [2.75, 3.05) is 0 Å². The minimum absolute atomic E-state index is 0.00127. The molecule has 4 saturated carbocycles. The van der Waals surface area contributed by atoms with Crippen molar-refractivity contribution in [2.24, 2.45) is 40.4 Å². The van der Waals surface area contributed by atoms with Gasteiger partial charge in [-0.05, 0) is 74.5 Å². The number of hydrogen-bond donors (Lipinski definition) is 4. The molecule has 7 heteroatoms. The lowest BCUT2D eigenvalue weighted by Crippen LogP contribution is -2.71. The molecule has 7 nitrogen and oxygen atoms in total. The number of hydrogen-bond acceptors (Lipinski definition) is 7. The lowest BCUT2D eigenvalue weighted by Gasteiger charge is -2.63. The second kappa shape index (κ2) is 7.53. The summed E-state index contributed by atoms with van der Waals surface area (Å²) in [5.41, 5.74) is -0.355. The Balaban J connectivity index is 1.32. The number of carbonyl (C=O) groups is 1. The normalized spacial score (nSPS) is 58.0. The highest BCUT2D eigenvalue weighted by Crippen LogP contribution is 2.72. The number of aliphatic hydroxyl groups is 4. The van der Waals surface area contributed by atoms with E-state index in [2.05, 4.69) is 13.8 Å². The lowest BCUT2D eigenvalue weighted by molar-refractivity contribution is -0.250. The molecule has 0 bridgehead atoms. The Labute approximate surface area is 207 Å². The molecule has 0 unspecified atom stereocenters. The van der Waals surface area contributed by atoms with Gasteiger partial charge in [0.05, 0.1) is 24.4 Å². The molecule has 14 atom stereocenters. The van der Waals surface area contributed by atoms with E-state index in [4.69, 9.17) is 9.47 Å². The summed E-state index contributed by atoms with van der Waals surface area (Å²) in [4.78, 5) is 12.4. The van der Waals surface area contributed by atoms with Gasteiger partial charge in [0.25, 0.3) is 0 Å². The third-order valence-corrected chi connectivity index (χ3v) is 12.1. The van der Waals surface area contributed by atoms with Crippen LogP contribution in [0.2, 0.25) is 0 Å². The van der Waals surface area contributed by atoms with Gasteiger partial charge in [0, 0.05) is 23.8 Å². The average Bonchev–Trinajstić information content (AvgIpc) is 3.53. The largest absolute Gasteiger partial charge is 0.458 e. The summed E-state index contributed by atoms with van der Waals surface area (Å²) in [5, 5.41) is 44.9. The molecule has 5 fully saturated rings. The van der Waals surface area contributed by atoms with Crippen LogP contribution in [-0.4, -0.2) is 68.6 Å². The molecule has 4 N–H and O–H groups in total. The molecular formula is C28H42O7. The monoisotopic (exact) mass is 490 g/mol. The maximum Gasteiger partial charge on any atom is 0.333 e. The first kappa shape index (κ1) is 24.4. The van der Waals surface area contributed by atoms with E-state index in [0.717, 1.165) is 18.4 Å². The number of esters is 1. The topological polar surface area (TPSA) is 120 Å². The number of ether oxygens (including phenoxy) is 2. The van der Waals surface area contributed by atoms with Crippen LogP contribution in [0.1, 0.15) is 73.1 Å². The van der Waals surface area contributed by atoms with Gasteiger partial charge in [0.15, 0.2) is 0 Å². The zero-order valence-electron chi connectivity index (χ0n) is 21.6. The van der Waals surface area contributed by atoms with Crippen LogP contribution in [0, 0.1) is 40.4 Å². The molecule has 4 aliphatic carbocycles. The van der Waals surface area contributed by atoms with Crippen LogP contribution in [-0.2, 0) is 14.3 Å². The number of aliphatic hydroxyl groups excluding tert-OH is 3. The van der Waals surface area contributed by atoms with E-state index in [9.17, 15) is 25.2 Å². The molecule has 0 aromatic heterocycles. The highest BCUT2D eigenvalue weighted by atomic mass is 16.6. The van der Waals surface area contributed by atoms with Gasteiger partial charge >= 0.3 is 5.97 Å². The Morgan fingerprint density at radius 3 is 2.49 bits per heavy atom. The van der Waals surface area contributed by atoms with E-state index >= 15 is 0 Å². The summed E-state index contributed by atoms with van der Waals surface area (Å²) >= 11 is 0. The highest BCUT2D eigenvalue weighted by molar-refractivity contribution is 5.89. The van der Waals surface area contributed by atoms with Crippen molar-refractivity contribution in [2.45, 2.75) is 115 Å². The standard InChI is InChI=1S/C28H42O7/c1-12-8-19(34-25(32)13(12)2)14(3)22-18(30)10-17-21-16(6-7-26(17,22)4)27(5)20(31)9-15(29)11-28(27,33)24-23(21)35-24/h14-24,29-31,33H,6-11H2,1-5H3/t14-,15+,16-,17+,18-,19+,20+,21+,22+,23+,24+,26+,27+,28+/m1/s1. The fraction of sp³-hybridized carbons (Fsp3) is 0.893. The third kappa shape index (κ3) is 2.99. The molecule has 2 aliphatic heterocycles. The maximum absolute atomic E-state index is 12.4. The van der Waals surface area contributed by atoms with Crippen LogP contribution >= 0.6 is 0 Å². The number of carbonyl (C=O) groups excluding carboxylic acids is 1. The van der Waals surface area contributed by atoms with Crippen molar-refractivity contribution < 1.29 is 34.7 Å². The first-order chi connectivity index (χ1) is 16.3. The number of fused-ring (bicyclic) bond motifs is 8. The maximum atomic E-state index is 12.4. The predicted octanol–water partition coefficient (Wildman–Crippen LogP) is 2.34.